The van der Waals surface area contributed by atoms with Gasteiger partial charge in [0.25, 0.3) is 0 Å². The summed E-state index contributed by atoms with van der Waals surface area (Å²) in [5.41, 5.74) is -0.145. The first kappa shape index (κ1) is 10.7. The van der Waals surface area contributed by atoms with E-state index in [1.807, 2.05) is 0 Å². The number of phenols is 1. The van der Waals surface area contributed by atoms with E-state index in [1.165, 1.54) is 0 Å². The van der Waals surface area contributed by atoms with E-state index in [4.69, 9.17) is 11.6 Å². The van der Waals surface area contributed by atoms with Gasteiger partial charge in [0.15, 0.2) is 0 Å². The fraction of sp³-hybridized carbons (Fsp3) is 0.455. The number of hydrogen-bond acceptors (Lipinski definition) is 3. The minimum Gasteiger partial charge on any atom is -0.508 e. The highest BCUT2D eigenvalue weighted by atomic mass is 35.5. The van der Waals surface area contributed by atoms with Crippen LogP contribution in [-0.2, 0) is 6.42 Å². The second-order valence-electron chi connectivity index (χ2n) is 4.07. The molecule has 0 saturated carbocycles. The third kappa shape index (κ3) is 2.25. The topological polar surface area (TPSA) is 52.5 Å². The Bertz CT molecular complexity index is 341. The van der Waals surface area contributed by atoms with Crippen LogP contribution < -0.4 is 5.32 Å². The van der Waals surface area contributed by atoms with Gasteiger partial charge in [0.1, 0.15) is 5.75 Å². The largest absolute Gasteiger partial charge is 0.508 e. The minimum absolute atomic E-state index is 0.155. The fourth-order valence-corrected chi connectivity index (χ4v) is 2.17. The molecule has 0 radical (unpaired) electrons. The number of halogens is 1. The number of benzene rings is 1. The average molecular weight is 228 g/mol. The Labute approximate surface area is 93.7 Å². The van der Waals surface area contributed by atoms with Crippen molar-refractivity contribution in [2.75, 3.05) is 13.1 Å². The molecule has 82 valence electrons. The summed E-state index contributed by atoms with van der Waals surface area (Å²) in [4.78, 5) is 0. The Hall–Kier alpha value is -0.770. The fourth-order valence-electron chi connectivity index (χ4n) is 1.93. The van der Waals surface area contributed by atoms with Crippen molar-refractivity contribution < 1.29 is 10.2 Å². The van der Waals surface area contributed by atoms with Gasteiger partial charge in [-0.05, 0) is 25.1 Å². The van der Waals surface area contributed by atoms with Gasteiger partial charge >= 0.3 is 0 Å². The van der Waals surface area contributed by atoms with Crippen LogP contribution in [0.25, 0.3) is 0 Å². The lowest BCUT2D eigenvalue weighted by Crippen LogP contribution is -2.33. The maximum absolute atomic E-state index is 10.2. The standard InChI is InChI=1S/C11H14ClNO2/c12-9-2-1-3-10(14)8(9)6-11(15)4-5-13-7-11/h1-3,13-15H,4-7H2. The molecule has 0 aliphatic carbocycles. The smallest absolute Gasteiger partial charge is 0.120 e. The summed E-state index contributed by atoms with van der Waals surface area (Å²) in [6.45, 7) is 1.36. The van der Waals surface area contributed by atoms with E-state index >= 15 is 0 Å². The van der Waals surface area contributed by atoms with Crippen molar-refractivity contribution in [2.45, 2.75) is 18.4 Å². The molecule has 1 aromatic carbocycles. The van der Waals surface area contributed by atoms with Crippen molar-refractivity contribution in [2.24, 2.45) is 0 Å². The second kappa shape index (κ2) is 4.00. The van der Waals surface area contributed by atoms with Crippen molar-refractivity contribution in [1.82, 2.24) is 5.32 Å². The summed E-state index contributed by atoms with van der Waals surface area (Å²) in [6.07, 6.45) is 1.09. The van der Waals surface area contributed by atoms with E-state index in [9.17, 15) is 10.2 Å². The zero-order valence-electron chi connectivity index (χ0n) is 8.33. The van der Waals surface area contributed by atoms with Gasteiger partial charge in [0.05, 0.1) is 5.60 Å². The molecule has 1 fully saturated rings. The number of hydrogen-bond donors (Lipinski definition) is 3. The number of nitrogens with one attached hydrogen (secondary N) is 1. The SMILES string of the molecule is Oc1cccc(Cl)c1CC1(O)CCNC1. The molecule has 1 aliphatic heterocycles. The lowest BCUT2D eigenvalue weighted by atomic mass is 9.93. The van der Waals surface area contributed by atoms with Crippen molar-refractivity contribution >= 4 is 11.6 Å². The van der Waals surface area contributed by atoms with Crippen molar-refractivity contribution in [3.8, 4) is 5.75 Å². The first-order valence-corrected chi connectivity index (χ1v) is 5.38. The van der Waals surface area contributed by atoms with Gasteiger partial charge in [-0.2, -0.15) is 0 Å². The molecule has 0 spiro atoms. The summed E-state index contributed by atoms with van der Waals surface area (Å²) in [5, 5.41) is 23.4. The molecule has 3 N–H and O–H groups in total. The van der Waals surface area contributed by atoms with E-state index in [0.717, 1.165) is 6.54 Å². The average Bonchev–Trinajstić information content (AvgIpc) is 2.60. The maximum Gasteiger partial charge on any atom is 0.120 e. The number of aromatic hydroxyl groups is 1. The normalized spacial score (nSPS) is 25.7. The Balaban J connectivity index is 2.23. The van der Waals surface area contributed by atoms with E-state index in [1.54, 1.807) is 18.2 Å². The zero-order chi connectivity index (χ0) is 10.9. The molecule has 1 aromatic rings. The van der Waals surface area contributed by atoms with Crippen LogP contribution >= 0.6 is 11.6 Å². The van der Waals surface area contributed by atoms with Crippen LogP contribution in [0, 0.1) is 0 Å². The Kier molecular flexibility index (Phi) is 2.87. The quantitative estimate of drug-likeness (QED) is 0.714. The molecular weight excluding hydrogens is 214 g/mol. The third-order valence-corrected chi connectivity index (χ3v) is 3.18. The summed E-state index contributed by atoms with van der Waals surface area (Å²) < 4.78 is 0. The summed E-state index contributed by atoms with van der Waals surface area (Å²) in [7, 11) is 0. The number of rotatable bonds is 2. The van der Waals surface area contributed by atoms with Crippen LogP contribution in [0.1, 0.15) is 12.0 Å². The molecule has 1 aliphatic rings. The molecule has 3 nitrogen and oxygen atoms in total. The zero-order valence-corrected chi connectivity index (χ0v) is 9.09. The first-order valence-electron chi connectivity index (χ1n) is 5.00. The molecule has 1 atom stereocenters. The van der Waals surface area contributed by atoms with Gasteiger partial charge in [-0.15, -0.1) is 0 Å². The summed E-state index contributed by atoms with van der Waals surface area (Å²) in [6, 6.07) is 5.01. The molecule has 15 heavy (non-hydrogen) atoms. The van der Waals surface area contributed by atoms with Crippen molar-refractivity contribution in [1.29, 1.82) is 0 Å². The number of β-amino-alcohol motifs (C(OH)–C–C–N with tert-alkyl or cyclic N) is 1. The van der Waals surface area contributed by atoms with Gasteiger partial charge in [0, 0.05) is 23.6 Å². The second-order valence-corrected chi connectivity index (χ2v) is 4.47. The van der Waals surface area contributed by atoms with Gasteiger partial charge in [-0.1, -0.05) is 17.7 Å². The third-order valence-electron chi connectivity index (χ3n) is 2.82. The lowest BCUT2D eigenvalue weighted by molar-refractivity contribution is 0.0613. The summed E-state index contributed by atoms with van der Waals surface area (Å²) in [5.74, 6) is 0.155. The molecule has 0 amide bonds. The predicted octanol–water partition coefficient (Wildman–Crippen LogP) is 1.31. The van der Waals surface area contributed by atoms with E-state index in [0.29, 0.717) is 30.0 Å². The van der Waals surface area contributed by atoms with Crippen LogP contribution in [0.4, 0.5) is 0 Å². The van der Waals surface area contributed by atoms with Gasteiger partial charge < -0.3 is 15.5 Å². The van der Waals surface area contributed by atoms with Crippen LogP contribution in [0.3, 0.4) is 0 Å². The highest BCUT2D eigenvalue weighted by Gasteiger charge is 2.32. The van der Waals surface area contributed by atoms with Crippen LogP contribution in [0.2, 0.25) is 5.02 Å². The minimum atomic E-state index is -0.775. The Morgan fingerprint density at radius 2 is 2.27 bits per heavy atom. The molecule has 1 heterocycles. The molecule has 1 saturated heterocycles. The number of phenolic OH excluding ortho intramolecular Hbond substituents is 1. The Morgan fingerprint density at radius 3 is 2.87 bits per heavy atom. The highest BCUT2D eigenvalue weighted by molar-refractivity contribution is 6.31. The number of aliphatic hydroxyl groups is 1. The molecule has 2 rings (SSSR count). The van der Waals surface area contributed by atoms with Crippen LogP contribution in [0.15, 0.2) is 18.2 Å². The van der Waals surface area contributed by atoms with Gasteiger partial charge in [-0.25, -0.2) is 0 Å². The molecule has 0 aromatic heterocycles. The van der Waals surface area contributed by atoms with Crippen molar-refractivity contribution in [3.05, 3.63) is 28.8 Å². The lowest BCUT2D eigenvalue weighted by Gasteiger charge is -2.22. The Morgan fingerprint density at radius 1 is 1.47 bits per heavy atom. The predicted molar refractivity (Wildman–Crippen MR) is 59.3 cm³/mol. The van der Waals surface area contributed by atoms with Gasteiger partial charge in [-0.3, -0.25) is 0 Å². The molecule has 4 heteroatoms. The molecule has 0 bridgehead atoms. The van der Waals surface area contributed by atoms with E-state index in [2.05, 4.69) is 5.32 Å². The van der Waals surface area contributed by atoms with Crippen LogP contribution in [-0.4, -0.2) is 28.9 Å². The first-order chi connectivity index (χ1) is 7.11. The maximum atomic E-state index is 10.2. The molecular formula is C11H14ClNO2. The van der Waals surface area contributed by atoms with E-state index in [-0.39, 0.29) is 5.75 Å². The highest BCUT2D eigenvalue weighted by Crippen LogP contribution is 2.31. The summed E-state index contributed by atoms with van der Waals surface area (Å²) >= 11 is 5.98. The molecule has 1 unspecified atom stereocenters. The van der Waals surface area contributed by atoms with Crippen molar-refractivity contribution in [3.63, 3.8) is 0 Å². The van der Waals surface area contributed by atoms with E-state index < -0.39 is 5.60 Å². The monoisotopic (exact) mass is 227 g/mol. The van der Waals surface area contributed by atoms with Gasteiger partial charge in [0.2, 0.25) is 0 Å². The van der Waals surface area contributed by atoms with Crippen LogP contribution in [0.5, 0.6) is 5.75 Å².